The zero-order chi connectivity index (χ0) is 15.2. The molecule has 0 aromatic carbocycles. The van der Waals surface area contributed by atoms with Gasteiger partial charge in [-0.2, -0.15) is 0 Å². The van der Waals surface area contributed by atoms with Gasteiger partial charge in [-0.3, -0.25) is 10.2 Å². The average molecular weight is 287 g/mol. The Balaban J connectivity index is 3.98. The molecule has 0 unspecified atom stereocenters. The van der Waals surface area contributed by atoms with Crippen LogP contribution in [0.3, 0.4) is 0 Å². The SMILES string of the molecule is CCCCCCCCN(CCC(=O)NN)C(=O)OCC. The molecular weight excluding hydrogens is 258 g/mol. The molecule has 0 radical (unpaired) electrons. The van der Waals surface area contributed by atoms with Gasteiger partial charge >= 0.3 is 6.09 Å². The lowest BCUT2D eigenvalue weighted by molar-refractivity contribution is -0.121. The topological polar surface area (TPSA) is 84.7 Å². The van der Waals surface area contributed by atoms with Crippen LogP contribution < -0.4 is 11.3 Å². The van der Waals surface area contributed by atoms with Crippen molar-refractivity contribution < 1.29 is 14.3 Å². The van der Waals surface area contributed by atoms with Crippen molar-refractivity contribution in [2.75, 3.05) is 19.7 Å². The summed E-state index contributed by atoms with van der Waals surface area (Å²) >= 11 is 0. The second kappa shape index (κ2) is 12.7. The normalized spacial score (nSPS) is 10.2. The first kappa shape index (κ1) is 18.7. The summed E-state index contributed by atoms with van der Waals surface area (Å²) in [5, 5.41) is 0. The number of ether oxygens (including phenoxy) is 1. The minimum Gasteiger partial charge on any atom is -0.450 e. The molecule has 0 fully saturated rings. The summed E-state index contributed by atoms with van der Waals surface area (Å²) in [6, 6.07) is 0. The summed E-state index contributed by atoms with van der Waals surface area (Å²) in [5.41, 5.74) is 2.06. The van der Waals surface area contributed by atoms with Crippen LogP contribution in [0.4, 0.5) is 4.79 Å². The molecule has 0 rings (SSSR count). The van der Waals surface area contributed by atoms with Gasteiger partial charge in [0, 0.05) is 19.5 Å². The fourth-order valence-corrected chi connectivity index (χ4v) is 1.90. The Hall–Kier alpha value is -1.30. The van der Waals surface area contributed by atoms with E-state index in [4.69, 9.17) is 10.6 Å². The number of nitrogens with zero attached hydrogens (tertiary/aromatic N) is 1. The first-order chi connectivity index (χ1) is 9.65. The largest absolute Gasteiger partial charge is 0.450 e. The van der Waals surface area contributed by atoms with Gasteiger partial charge in [-0.05, 0) is 13.3 Å². The molecule has 0 bridgehead atoms. The van der Waals surface area contributed by atoms with Crippen LogP contribution in [-0.2, 0) is 9.53 Å². The molecule has 0 aliphatic heterocycles. The van der Waals surface area contributed by atoms with Crippen LogP contribution in [0.5, 0.6) is 0 Å². The van der Waals surface area contributed by atoms with Crippen molar-refractivity contribution in [2.24, 2.45) is 5.84 Å². The highest BCUT2D eigenvalue weighted by Gasteiger charge is 2.15. The van der Waals surface area contributed by atoms with E-state index in [1.165, 1.54) is 25.7 Å². The average Bonchev–Trinajstić information content (AvgIpc) is 2.45. The minimum absolute atomic E-state index is 0.200. The highest BCUT2D eigenvalue weighted by atomic mass is 16.6. The van der Waals surface area contributed by atoms with Crippen molar-refractivity contribution in [1.29, 1.82) is 0 Å². The highest BCUT2D eigenvalue weighted by molar-refractivity contribution is 5.76. The van der Waals surface area contributed by atoms with Gasteiger partial charge in [0.05, 0.1) is 6.61 Å². The van der Waals surface area contributed by atoms with E-state index in [9.17, 15) is 9.59 Å². The van der Waals surface area contributed by atoms with Crippen molar-refractivity contribution in [1.82, 2.24) is 10.3 Å². The molecule has 3 N–H and O–H groups in total. The highest BCUT2D eigenvalue weighted by Crippen LogP contribution is 2.07. The molecule has 6 nitrogen and oxygen atoms in total. The number of hydrogen-bond donors (Lipinski definition) is 2. The monoisotopic (exact) mass is 287 g/mol. The van der Waals surface area contributed by atoms with Gasteiger partial charge in [0.1, 0.15) is 0 Å². The van der Waals surface area contributed by atoms with Gasteiger partial charge in [-0.15, -0.1) is 0 Å². The number of nitrogens with one attached hydrogen (secondary N) is 1. The number of carbonyl (C=O) groups excluding carboxylic acids is 2. The van der Waals surface area contributed by atoms with E-state index >= 15 is 0 Å². The lowest BCUT2D eigenvalue weighted by Gasteiger charge is -2.21. The molecule has 0 heterocycles. The third kappa shape index (κ3) is 9.61. The first-order valence-electron chi connectivity index (χ1n) is 7.56. The molecule has 2 amide bonds. The Kier molecular flexibility index (Phi) is 11.9. The summed E-state index contributed by atoms with van der Waals surface area (Å²) in [5.74, 6) is 4.75. The molecule has 0 saturated carbocycles. The van der Waals surface area contributed by atoms with Gasteiger partial charge in [0.15, 0.2) is 0 Å². The van der Waals surface area contributed by atoms with E-state index in [2.05, 4.69) is 12.3 Å². The molecule has 0 aromatic rings. The zero-order valence-corrected chi connectivity index (χ0v) is 12.8. The summed E-state index contributed by atoms with van der Waals surface area (Å²) in [7, 11) is 0. The quantitative estimate of drug-likeness (QED) is 0.264. The number of hydrogen-bond acceptors (Lipinski definition) is 4. The van der Waals surface area contributed by atoms with E-state index in [0.29, 0.717) is 19.7 Å². The first-order valence-corrected chi connectivity index (χ1v) is 7.56. The second-order valence-electron chi connectivity index (χ2n) is 4.77. The maximum absolute atomic E-state index is 11.8. The number of carbonyl (C=O) groups is 2. The molecule has 0 saturated heterocycles. The second-order valence-corrected chi connectivity index (χ2v) is 4.77. The third-order valence-corrected chi connectivity index (χ3v) is 3.08. The van der Waals surface area contributed by atoms with E-state index in [0.717, 1.165) is 12.8 Å². The number of unbranched alkanes of at least 4 members (excludes halogenated alkanes) is 5. The molecule has 0 atom stereocenters. The lowest BCUT2D eigenvalue weighted by atomic mass is 10.1. The van der Waals surface area contributed by atoms with Crippen molar-refractivity contribution in [2.45, 2.75) is 58.8 Å². The van der Waals surface area contributed by atoms with Crippen LogP contribution >= 0.6 is 0 Å². The van der Waals surface area contributed by atoms with Gasteiger partial charge in [-0.1, -0.05) is 39.0 Å². The van der Waals surface area contributed by atoms with E-state index in [-0.39, 0.29) is 18.4 Å². The molecular formula is C14H29N3O3. The summed E-state index contributed by atoms with van der Waals surface area (Å²) < 4.78 is 4.99. The van der Waals surface area contributed by atoms with Crippen LogP contribution in [0.2, 0.25) is 0 Å². The molecule has 0 aliphatic rings. The molecule has 118 valence electrons. The number of hydrazine groups is 1. The maximum Gasteiger partial charge on any atom is 0.409 e. The Morgan fingerprint density at radius 1 is 1.05 bits per heavy atom. The van der Waals surface area contributed by atoms with E-state index in [1.807, 2.05) is 0 Å². The standard InChI is InChI=1S/C14H29N3O3/c1-3-5-6-7-8-9-11-17(14(19)20-4-2)12-10-13(18)16-15/h3-12,15H2,1-2H3,(H,16,18). The minimum atomic E-state index is -0.356. The van der Waals surface area contributed by atoms with Gasteiger partial charge in [0.2, 0.25) is 5.91 Å². The Morgan fingerprint density at radius 3 is 2.30 bits per heavy atom. The van der Waals surface area contributed by atoms with Crippen molar-refractivity contribution in [3.63, 3.8) is 0 Å². The summed E-state index contributed by atoms with van der Waals surface area (Å²) in [4.78, 5) is 24.5. The van der Waals surface area contributed by atoms with Crippen LogP contribution in [-0.4, -0.2) is 36.6 Å². The molecule has 6 heteroatoms. The van der Waals surface area contributed by atoms with E-state index in [1.54, 1.807) is 11.8 Å². The van der Waals surface area contributed by atoms with E-state index < -0.39 is 0 Å². The molecule has 0 aromatic heterocycles. The number of rotatable bonds is 11. The molecule has 0 spiro atoms. The maximum atomic E-state index is 11.8. The Bertz CT molecular complexity index is 272. The summed E-state index contributed by atoms with van der Waals surface area (Å²) in [6.45, 7) is 5.27. The van der Waals surface area contributed by atoms with Crippen LogP contribution in [0.25, 0.3) is 0 Å². The van der Waals surface area contributed by atoms with Crippen molar-refractivity contribution in [3.05, 3.63) is 0 Å². The smallest absolute Gasteiger partial charge is 0.409 e. The predicted octanol–water partition coefficient (Wildman–Crippen LogP) is 2.19. The predicted molar refractivity (Wildman–Crippen MR) is 78.9 cm³/mol. The Morgan fingerprint density at radius 2 is 1.70 bits per heavy atom. The van der Waals surface area contributed by atoms with Gasteiger partial charge in [-0.25, -0.2) is 10.6 Å². The molecule has 20 heavy (non-hydrogen) atoms. The zero-order valence-electron chi connectivity index (χ0n) is 12.8. The van der Waals surface area contributed by atoms with Crippen molar-refractivity contribution in [3.8, 4) is 0 Å². The third-order valence-electron chi connectivity index (χ3n) is 3.08. The fraction of sp³-hybridized carbons (Fsp3) is 0.857. The number of amides is 2. The number of nitrogens with two attached hydrogens (primary N) is 1. The van der Waals surface area contributed by atoms with Crippen LogP contribution in [0.15, 0.2) is 0 Å². The molecule has 0 aliphatic carbocycles. The van der Waals surface area contributed by atoms with Crippen molar-refractivity contribution >= 4 is 12.0 Å². The Labute approximate surface area is 122 Å². The summed E-state index contributed by atoms with van der Waals surface area (Å²) in [6.07, 6.45) is 6.79. The fourth-order valence-electron chi connectivity index (χ4n) is 1.90. The van der Waals surface area contributed by atoms with Crippen LogP contribution in [0, 0.1) is 0 Å². The lowest BCUT2D eigenvalue weighted by Crippen LogP contribution is -2.38. The van der Waals surface area contributed by atoms with Crippen LogP contribution in [0.1, 0.15) is 58.8 Å². The van der Waals surface area contributed by atoms with Gasteiger partial charge < -0.3 is 9.64 Å². The van der Waals surface area contributed by atoms with Gasteiger partial charge in [0.25, 0.3) is 0 Å².